The number of hydrogen-bond acceptors (Lipinski definition) is 3. The number of benzene rings is 1. The molecule has 0 aliphatic heterocycles. The molecule has 0 spiro atoms. The molecule has 0 atom stereocenters. The second-order valence-electron chi connectivity index (χ2n) is 5.39. The van der Waals surface area contributed by atoms with Crippen LogP contribution in [0, 0.1) is 5.82 Å². The number of halogens is 1. The molecule has 1 aliphatic carbocycles. The standard InChI is InChI=1S/C16H24FNO2/c17-14-5-8-16(20-10-4-2-1-3-9-19)13(11-14)12-18-15-6-7-15/h5,8,11,15,18-19H,1-4,6-7,9-10,12H2. The summed E-state index contributed by atoms with van der Waals surface area (Å²) in [6.07, 6.45) is 6.34. The molecule has 1 aromatic rings. The lowest BCUT2D eigenvalue weighted by molar-refractivity contribution is 0.272. The van der Waals surface area contributed by atoms with Crippen LogP contribution >= 0.6 is 0 Å². The third-order valence-corrected chi connectivity index (χ3v) is 3.49. The minimum absolute atomic E-state index is 0.215. The first-order chi connectivity index (χ1) is 9.79. The zero-order valence-corrected chi connectivity index (χ0v) is 11.9. The average molecular weight is 281 g/mol. The molecule has 0 amide bonds. The predicted octanol–water partition coefficient (Wildman–Crippen LogP) is 3.01. The Morgan fingerprint density at radius 3 is 2.75 bits per heavy atom. The van der Waals surface area contributed by atoms with Crippen molar-refractivity contribution < 1.29 is 14.2 Å². The van der Waals surface area contributed by atoms with Crippen molar-refractivity contribution in [1.82, 2.24) is 5.32 Å². The van der Waals surface area contributed by atoms with E-state index in [0.717, 1.165) is 37.0 Å². The predicted molar refractivity (Wildman–Crippen MR) is 77.3 cm³/mol. The minimum atomic E-state index is -0.215. The van der Waals surface area contributed by atoms with E-state index < -0.39 is 0 Å². The van der Waals surface area contributed by atoms with Gasteiger partial charge in [0.15, 0.2) is 0 Å². The van der Waals surface area contributed by atoms with Crippen LogP contribution in [0.2, 0.25) is 0 Å². The van der Waals surface area contributed by atoms with E-state index in [9.17, 15) is 4.39 Å². The number of aliphatic hydroxyl groups excluding tert-OH is 1. The van der Waals surface area contributed by atoms with Gasteiger partial charge in [-0.25, -0.2) is 4.39 Å². The van der Waals surface area contributed by atoms with Gasteiger partial charge < -0.3 is 15.2 Å². The van der Waals surface area contributed by atoms with Crippen molar-refractivity contribution in [2.24, 2.45) is 0 Å². The fourth-order valence-corrected chi connectivity index (χ4v) is 2.12. The molecule has 0 aromatic heterocycles. The van der Waals surface area contributed by atoms with E-state index in [4.69, 9.17) is 9.84 Å². The zero-order chi connectivity index (χ0) is 14.2. The van der Waals surface area contributed by atoms with Crippen LogP contribution in [0.15, 0.2) is 18.2 Å². The molecule has 1 saturated carbocycles. The van der Waals surface area contributed by atoms with Crippen LogP contribution in [-0.2, 0) is 6.54 Å². The van der Waals surface area contributed by atoms with E-state index >= 15 is 0 Å². The van der Waals surface area contributed by atoms with E-state index in [1.807, 2.05) is 0 Å². The molecule has 1 aromatic carbocycles. The molecule has 20 heavy (non-hydrogen) atoms. The first-order valence-corrected chi connectivity index (χ1v) is 7.55. The Kier molecular flexibility index (Phi) is 6.27. The Balaban J connectivity index is 1.76. The monoisotopic (exact) mass is 281 g/mol. The molecule has 1 aliphatic rings. The maximum atomic E-state index is 13.3. The first-order valence-electron chi connectivity index (χ1n) is 7.55. The third-order valence-electron chi connectivity index (χ3n) is 3.49. The molecule has 0 bridgehead atoms. The summed E-state index contributed by atoms with van der Waals surface area (Å²) in [4.78, 5) is 0. The summed E-state index contributed by atoms with van der Waals surface area (Å²) in [7, 11) is 0. The minimum Gasteiger partial charge on any atom is -0.493 e. The number of aliphatic hydroxyl groups is 1. The first kappa shape index (κ1) is 15.3. The number of unbranched alkanes of at least 4 members (excludes halogenated alkanes) is 3. The van der Waals surface area contributed by atoms with E-state index in [1.165, 1.54) is 18.9 Å². The highest BCUT2D eigenvalue weighted by Gasteiger charge is 2.20. The summed E-state index contributed by atoms with van der Waals surface area (Å²) in [5, 5.41) is 12.1. The van der Waals surface area contributed by atoms with Crippen LogP contribution in [-0.4, -0.2) is 24.4 Å². The van der Waals surface area contributed by atoms with Gasteiger partial charge in [0.25, 0.3) is 0 Å². The quantitative estimate of drug-likeness (QED) is 0.648. The molecule has 0 heterocycles. The number of nitrogens with one attached hydrogen (secondary N) is 1. The van der Waals surface area contributed by atoms with Gasteiger partial charge in [-0.2, -0.15) is 0 Å². The van der Waals surface area contributed by atoms with E-state index in [1.54, 1.807) is 12.1 Å². The van der Waals surface area contributed by atoms with E-state index in [0.29, 0.717) is 19.2 Å². The normalized spacial score (nSPS) is 14.5. The molecule has 0 saturated heterocycles. The maximum absolute atomic E-state index is 13.3. The van der Waals surface area contributed by atoms with Gasteiger partial charge >= 0.3 is 0 Å². The largest absolute Gasteiger partial charge is 0.493 e. The summed E-state index contributed by atoms with van der Waals surface area (Å²) in [6, 6.07) is 5.31. The summed E-state index contributed by atoms with van der Waals surface area (Å²) >= 11 is 0. The van der Waals surface area contributed by atoms with Crippen LogP contribution in [0.3, 0.4) is 0 Å². The highest BCUT2D eigenvalue weighted by molar-refractivity contribution is 5.34. The molecule has 3 nitrogen and oxygen atoms in total. The molecule has 2 N–H and O–H groups in total. The molecular formula is C16H24FNO2. The fourth-order valence-electron chi connectivity index (χ4n) is 2.12. The maximum Gasteiger partial charge on any atom is 0.123 e. The average Bonchev–Trinajstić information content (AvgIpc) is 3.26. The summed E-state index contributed by atoms with van der Waals surface area (Å²) < 4.78 is 19.1. The van der Waals surface area contributed by atoms with Crippen molar-refractivity contribution in [3.63, 3.8) is 0 Å². The highest BCUT2D eigenvalue weighted by Crippen LogP contribution is 2.23. The van der Waals surface area contributed by atoms with Gasteiger partial charge in [-0.15, -0.1) is 0 Å². The van der Waals surface area contributed by atoms with E-state index in [2.05, 4.69) is 5.32 Å². The van der Waals surface area contributed by atoms with Crippen molar-refractivity contribution in [2.45, 2.75) is 51.1 Å². The third kappa shape index (κ3) is 5.47. The van der Waals surface area contributed by atoms with Gasteiger partial charge in [-0.3, -0.25) is 0 Å². The molecule has 4 heteroatoms. The van der Waals surface area contributed by atoms with Gasteiger partial charge in [-0.1, -0.05) is 6.42 Å². The Bertz CT molecular complexity index is 407. The second-order valence-corrected chi connectivity index (χ2v) is 5.39. The van der Waals surface area contributed by atoms with E-state index in [-0.39, 0.29) is 12.4 Å². The molecule has 112 valence electrons. The highest BCUT2D eigenvalue weighted by atomic mass is 19.1. The number of ether oxygens (including phenoxy) is 1. The summed E-state index contributed by atoms with van der Waals surface area (Å²) in [5.74, 6) is 0.564. The van der Waals surface area contributed by atoms with Crippen molar-refractivity contribution in [3.8, 4) is 5.75 Å². The number of rotatable bonds is 10. The lowest BCUT2D eigenvalue weighted by Gasteiger charge is -2.12. The topological polar surface area (TPSA) is 41.5 Å². The number of hydrogen-bond donors (Lipinski definition) is 2. The van der Waals surface area contributed by atoms with Crippen LogP contribution in [0.4, 0.5) is 4.39 Å². The fraction of sp³-hybridized carbons (Fsp3) is 0.625. The van der Waals surface area contributed by atoms with Gasteiger partial charge in [-0.05, 0) is 50.3 Å². The van der Waals surface area contributed by atoms with Gasteiger partial charge in [0, 0.05) is 24.8 Å². The van der Waals surface area contributed by atoms with Crippen molar-refractivity contribution in [2.75, 3.05) is 13.2 Å². The Hall–Kier alpha value is -1.13. The molecular weight excluding hydrogens is 257 g/mol. The summed E-state index contributed by atoms with van der Waals surface area (Å²) in [5.41, 5.74) is 0.896. The van der Waals surface area contributed by atoms with Crippen LogP contribution in [0.25, 0.3) is 0 Å². The van der Waals surface area contributed by atoms with Crippen molar-refractivity contribution in [3.05, 3.63) is 29.6 Å². The zero-order valence-electron chi connectivity index (χ0n) is 11.9. The van der Waals surface area contributed by atoms with Crippen LogP contribution in [0.1, 0.15) is 44.1 Å². The Morgan fingerprint density at radius 2 is 2.00 bits per heavy atom. The lowest BCUT2D eigenvalue weighted by atomic mass is 10.2. The molecule has 0 radical (unpaired) electrons. The lowest BCUT2D eigenvalue weighted by Crippen LogP contribution is -2.16. The smallest absolute Gasteiger partial charge is 0.123 e. The van der Waals surface area contributed by atoms with Gasteiger partial charge in [0.1, 0.15) is 11.6 Å². The van der Waals surface area contributed by atoms with Crippen LogP contribution in [0.5, 0.6) is 5.75 Å². The Labute approximate surface area is 120 Å². The SMILES string of the molecule is OCCCCCCOc1ccc(F)cc1CNC1CC1. The van der Waals surface area contributed by atoms with Crippen LogP contribution < -0.4 is 10.1 Å². The molecule has 2 rings (SSSR count). The van der Waals surface area contributed by atoms with Gasteiger partial charge in [0.2, 0.25) is 0 Å². The van der Waals surface area contributed by atoms with Crippen molar-refractivity contribution in [1.29, 1.82) is 0 Å². The Morgan fingerprint density at radius 1 is 1.20 bits per heavy atom. The second kappa shape index (κ2) is 8.22. The molecule has 0 unspecified atom stereocenters. The van der Waals surface area contributed by atoms with Crippen molar-refractivity contribution >= 4 is 0 Å². The van der Waals surface area contributed by atoms with Gasteiger partial charge in [0.05, 0.1) is 6.61 Å². The summed E-state index contributed by atoms with van der Waals surface area (Å²) in [6.45, 7) is 1.57. The molecule has 1 fully saturated rings.